The lowest BCUT2D eigenvalue weighted by Crippen LogP contribution is -2.33. The van der Waals surface area contributed by atoms with Crippen LogP contribution in [-0.2, 0) is 13.6 Å². The summed E-state index contributed by atoms with van der Waals surface area (Å²) < 4.78 is 13.3. The van der Waals surface area contributed by atoms with Gasteiger partial charge in [-0.15, -0.1) is 0 Å². The number of aromatic amines is 1. The van der Waals surface area contributed by atoms with Crippen molar-refractivity contribution >= 4 is 28.0 Å². The molecule has 0 aliphatic carbocycles. The summed E-state index contributed by atoms with van der Waals surface area (Å²) >= 11 is 0. The van der Waals surface area contributed by atoms with E-state index in [0.717, 1.165) is 44.8 Å². The van der Waals surface area contributed by atoms with E-state index in [1.165, 1.54) is 0 Å². The highest BCUT2D eigenvalue weighted by molar-refractivity contribution is 5.97. The van der Waals surface area contributed by atoms with Crippen LogP contribution in [0.5, 0.6) is 5.75 Å². The number of carbonyl (C=O) groups is 1. The summed E-state index contributed by atoms with van der Waals surface area (Å²) in [5.74, 6) is 1.68. The molecule has 32 heavy (non-hydrogen) atoms. The van der Waals surface area contributed by atoms with Crippen LogP contribution in [0.1, 0.15) is 21.9 Å². The first-order chi connectivity index (χ1) is 15.6. The number of amides is 1. The van der Waals surface area contributed by atoms with Gasteiger partial charge in [0.2, 0.25) is 0 Å². The van der Waals surface area contributed by atoms with Gasteiger partial charge in [-0.05, 0) is 42.3 Å². The van der Waals surface area contributed by atoms with Crippen LogP contribution in [0, 0.1) is 6.92 Å². The molecule has 0 saturated heterocycles. The Morgan fingerprint density at radius 2 is 1.94 bits per heavy atom. The summed E-state index contributed by atoms with van der Waals surface area (Å²) in [7, 11) is 1.89. The molecule has 0 spiro atoms. The third-order valence-corrected chi connectivity index (χ3v) is 6.15. The average molecular weight is 426 g/mol. The molecule has 3 aromatic heterocycles. The van der Waals surface area contributed by atoms with Crippen LogP contribution in [-0.4, -0.2) is 38.5 Å². The molecule has 5 aromatic rings. The van der Waals surface area contributed by atoms with E-state index < -0.39 is 0 Å². The van der Waals surface area contributed by atoms with Gasteiger partial charge in [-0.1, -0.05) is 12.1 Å². The Labute approximate surface area is 184 Å². The Hall–Kier alpha value is -4.00. The molecule has 0 radical (unpaired) electrons. The summed E-state index contributed by atoms with van der Waals surface area (Å²) in [4.78, 5) is 23.0. The normalized spacial score (nSPS) is 13.9. The lowest BCUT2D eigenvalue weighted by atomic mass is 10.0. The third kappa shape index (κ3) is 2.97. The van der Waals surface area contributed by atoms with Gasteiger partial charge in [-0.25, -0.2) is 4.98 Å². The van der Waals surface area contributed by atoms with Crippen molar-refractivity contribution in [2.45, 2.75) is 13.5 Å². The molecular weight excluding hydrogens is 404 g/mol. The molecule has 7 nitrogen and oxygen atoms in total. The highest BCUT2D eigenvalue weighted by Gasteiger charge is 2.24. The fraction of sp³-hybridized carbons (Fsp3) is 0.200. The minimum atomic E-state index is -0.0332. The number of carbonyl (C=O) groups excluding carboxylic acids is 1. The lowest BCUT2D eigenvalue weighted by Gasteiger charge is -2.20. The summed E-state index contributed by atoms with van der Waals surface area (Å²) in [6, 6.07) is 16.1. The number of hydrogen-bond donors (Lipinski definition) is 1. The highest BCUT2D eigenvalue weighted by atomic mass is 16.5. The number of rotatable bonds is 2. The van der Waals surface area contributed by atoms with Crippen LogP contribution in [0.15, 0.2) is 59.2 Å². The molecule has 0 bridgehead atoms. The van der Waals surface area contributed by atoms with Crippen molar-refractivity contribution in [1.82, 2.24) is 19.4 Å². The maximum absolute atomic E-state index is 13.4. The topological polar surface area (TPSA) is 76.3 Å². The van der Waals surface area contributed by atoms with Gasteiger partial charge in [0.05, 0.1) is 29.4 Å². The van der Waals surface area contributed by atoms with Gasteiger partial charge in [0, 0.05) is 31.3 Å². The van der Waals surface area contributed by atoms with Crippen LogP contribution in [0.25, 0.3) is 33.3 Å². The Bertz CT molecular complexity index is 1490. The van der Waals surface area contributed by atoms with E-state index in [1.807, 2.05) is 47.7 Å². The van der Waals surface area contributed by atoms with E-state index in [1.54, 1.807) is 6.26 Å². The largest absolute Gasteiger partial charge is 0.491 e. The van der Waals surface area contributed by atoms with Crippen LogP contribution in [0.4, 0.5) is 0 Å². The summed E-state index contributed by atoms with van der Waals surface area (Å²) in [5, 5.41) is 0. The van der Waals surface area contributed by atoms with E-state index in [2.05, 4.69) is 34.2 Å². The van der Waals surface area contributed by atoms with Crippen molar-refractivity contribution in [1.29, 1.82) is 0 Å². The maximum atomic E-state index is 13.4. The first kappa shape index (κ1) is 18.7. The second-order valence-corrected chi connectivity index (χ2v) is 8.21. The molecule has 6 rings (SSSR count). The van der Waals surface area contributed by atoms with Gasteiger partial charge in [0.25, 0.3) is 5.91 Å². The van der Waals surface area contributed by atoms with Gasteiger partial charge in [-0.2, -0.15) is 0 Å². The Kier molecular flexibility index (Phi) is 4.11. The molecular formula is C25H22N4O3. The molecule has 1 aliphatic heterocycles. The molecule has 0 atom stereocenters. The van der Waals surface area contributed by atoms with E-state index >= 15 is 0 Å². The van der Waals surface area contributed by atoms with Crippen molar-refractivity contribution < 1.29 is 13.9 Å². The molecule has 7 heteroatoms. The minimum absolute atomic E-state index is 0.0332. The van der Waals surface area contributed by atoms with E-state index in [9.17, 15) is 4.79 Å². The molecule has 2 aromatic carbocycles. The number of furan rings is 1. The summed E-state index contributed by atoms with van der Waals surface area (Å²) in [6.45, 7) is 3.41. The zero-order valence-electron chi connectivity index (χ0n) is 17.9. The number of H-pyrrole nitrogens is 1. The lowest BCUT2D eigenvalue weighted by molar-refractivity contribution is 0.0724. The van der Waals surface area contributed by atoms with Crippen LogP contribution in [0.2, 0.25) is 0 Å². The molecule has 1 amide bonds. The van der Waals surface area contributed by atoms with Gasteiger partial charge >= 0.3 is 0 Å². The van der Waals surface area contributed by atoms with Crippen LogP contribution >= 0.6 is 0 Å². The quantitative estimate of drug-likeness (QED) is 0.446. The van der Waals surface area contributed by atoms with Crippen LogP contribution in [0.3, 0.4) is 0 Å². The molecule has 160 valence electrons. The second-order valence-electron chi connectivity index (χ2n) is 8.21. The molecule has 1 aliphatic rings. The number of ether oxygens (including phenoxy) is 1. The molecule has 1 N–H and O–H groups in total. The SMILES string of the molecule is Cc1nc2cc(-c3ccc4c(c3)CN(C(=O)c3cc5occc5n3C)CCO4)ccc2[nH]1. The van der Waals surface area contributed by atoms with Crippen molar-refractivity contribution in [2.75, 3.05) is 13.2 Å². The van der Waals surface area contributed by atoms with E-state index in [4.69, 9.17) is 9.15 Å². The second kappa shape index (κ2) is 7.02. The molecule has 0 fully saturated rings. The fourth-order valence-electron chi connectivity index (χ4n) is 4.48. The monoisotopic (exact) mass is 426 g/mol. The first-order valence-electron chi connectivity index (χ1n) is 10.6. The number of nitrogens with zero attached hydrogens (tertiary/aromatic N) is 3. The zero-order valence-corrected chi connectivity index (χ0v) is 17.9. The maximum Gasteiger partial charge on any atom is 0.271 e. The van der Waals surface area contributed by atoms with Gasteiger partial charge < -0.3 is 23.6 Å². The standard InChI is InChI=1S/C25H22N4O3/c1-15-26-19-5-3-17(12-20(19)27-15)16-4-6-23-18(11-16)14-29(8-10-32-23)25(30)22-13-24-21(28(22)2)7-9-31-24/h3-7,9,11-13H,8,10,14H2,1-2H3,(H,26,27). The average Bonchev–Trinajstić information content (AvgIpc) is 3.43. The number of imidazole rings is 1. The predicted molar refractivity (Wildman–Crippen MR) is 122 cm³/mol. The number of aryl methyl sites for hydroxylation is 2. The Morgan fingerprint density at radius 1 is 1.09 bits per heavy atom. The Balaban J connectivity index is 1.34. The summed E-state index contributed by atoms with van der Waals surface area (Å²) in [5.41, 5.74) is 7.34. The van der Waals surface area contributed by atoms with Gasteiger partial charge in [0.1, 0.15) is 23.9 Å². The smallest absolute Gasteiger partial charge is 0.271 e. The van der Waals surface area contributed by atoms with Crippen molar-refractivity contribution in [3.8, 4) is 16.9 Å². The van der Waals surface area contributed by atoms with Crippen LogP contribution < -0.4 is 4.74 Å². The number of benzene rings is 2. The van der Waals surface area contributed by atoms with Crippen molar-refractivity contribution in [3.63, 3.8) is 0 Å². The van der Waals surface area contributed by atoms with Crippen molar-refractivity contribution in [3.05, 3.63) is 71.9 Å². The fourth-order valence-corrected chi connectivity index (χ4v) is 4.48. The van der Waals surface area contributed by atoms with Gasteiger partial charge in [0.15, 0.2) is 5.58 Å². The third-order valence-electron chi connectivity index (χ3n) is 6.15. The predicted octanol–water partition coefficient (Wildman–Crippen LogP) is 4.66. The van der Waals surface area contributed by atoms with E-state index in [0.29, 0.717) is 31.0 Å². The van der Waals surface area contributed by atoms with E-state index in [-0.39, 0.29) is 5.91 Å². The van der Waals surface area contributed by atoms with Gasteiger partial charge in [-0.3, -0.25) is 4.79 Å². The number of hydrogen-bond acceptors (Lipinski definition) is 4. The number of nitrogens with one attached hydrogen (secondary N) is 1. The Morgan fingerprint density at radius 3 is 2.81 bits per heavy atom. The number of fused-ring (bicyclic) bond motifs is 3. The highest BCUT2D eigenvalue weighted by Crippen LogP contribution is 2.31. The minimum Gasteiger partial charge on any atom is -0.491 e. The molecule has 4 heterocycles. The number of aromatic nitrogens is 3. The van der Waals surface area contributed by atoms with Crippen molar-refractivity contribution in [2.24, 2.45) is 7.05 Å². The molecule has 0 saturated carbocycles. The first-order valence-corrected chi connectivity index (χ1v) is 10.6. The zero-order chi connectivity index (χ0) is 21.8. The molecule has 0 unspecified atom stereocenters. The summed E-state index contributed by atoms with van der Waals surface area (Å²) in [6.07, 6.45) is 1.64.